The molecule has 0 amide bonds. The third-order valence-electron chi connectivity index (χ3n) is 10.0. The summed E-state index contributed by atoms with van der Waals surface area (Å²) in [5, 5.41) is 14.3. The topological polar surface area (TPSA) is 65.0 Å². The molecule has 0 saturated carbocycles. The van der Waals surface area contributed by atoms with E-state index in [2.05, 4.69) is 127 Å². The van der Waals surface area contributed by atoms with Crippen molar-refractivity contribution in [2.75, 3.05) is 0 Å². The van der Waals surface area contributed by atoms with Gasteiger partial charge in [0.25, 0.3) is 0 Å². The number of aromatic nitrogens is 4. The number of imidazole rings is 1. The van der Waals surface area contributed by atoms with E-state index >= 15 is 0 Å². The van der Waals surface area contributed by atoms with Gasteiger partial charge in [-0.15, -0.1) is 11.0 Å². The first kappa shape index (κ1) is 34.7. The van der Waals surface area contributed by atoms with E-state index in [0.29, 0.717) is 5.52 Å². The predicted octanol–water partition coefficient (Wildman–Crippen LogP) is 11.7. The fourth-order valence-electron chi connectivity index (χ4n) is 7.26. The zero-order valence-electron chi connectivity index (χ0n) is 30.4. The van der Waals surface area contributed by atoms with Crippen molar-refractivity contribution in [3.63, 3.8) is 0 Å². The first-order valence-electron chi connectivity index (χ1n) is 17.5. The summed E-state index contributed by atoms with van der Waals surface area (Å²) < 4.78 is 2.34. The van der Waals surface area contributed by atoms with Gasteiger partial charge in [0.15, 0.2) is 0 Å². The van der Waals surface area contributed by atoms with E-state index < -0.39 is 0 Å². The van der Waals surface area contributed by atoms with Gasteiger partial charge in [0, 0.05) is 43.6 Å². The largest absolute Gasteiger partial charge is 0.656 e. The van der Waals surface area contributed by atoms with Crippen LogP contribution >= 0.6 is 0 Å². The molecule has 3 aromatic heterocycles. The number of benzene rings is 5. The van der Waals surface area contributed by atoms with Crippen LogP contribution in [0.5, 0.6) is 5.75 Å². The fourth-order valence-corrected chi connectivity index (χ4v) is 7.26. The van der Waals surface area contributed by atoms with Crippen LogP contribution in [-0.4, -0.2) is 19.6 Å². The number of phenols is 1. The van der Waals surface area contributed by atoms with Crippen LogP contribution < -0.4 is 4.98 Å². The average Bonchev–Trinajstić information content (AvgIpc) is 3.66. The Labute approximate surface area is 314 Å². The Bertz CT molecular complexity index is 2600. The van der Waals surface area contributed by atoms with Crippen LogP contribution in [0.25, 0.3) is 77.5 Å². The maximum atomic E-state index is 11.0. The van der Waals surface area contributed by atoms with Crippen LogP contribution in [0.4, 0.5) is 0 Å². The van der Waals surface area contributed by atoms with Crippen molar-refractivity contribution < 1.29 is 26.2 Å². The Kier molecular flexibility index (Phi) is 8.50. The van der Waals surface area contributed by atoms with Crippen molar-refractivity contribution in [3.8, 4) is 39.5 Å². The standard InChI is InChI=1S/C45H43N4O.Pt/c1-26(2)49-38-18-12-17-31(37-25-32(27-14-10-9-11-15-27)30-16-13-19-39(50)42(30)47-37)41(38)48-43(49)35-24-29(45(6,7)8)23-34-33-22-28(44(3,4)5)20-21-36(33)46-40(34)35;/h9-26H,1-8H3,(H-,46,47,48,50);/q-1;. The zero-order chi connectivity index (χ0) is 35.1. The second-order valence-electron chi connectivity index (χ2n) is 15.9. The number of hydrogen-bond acceptors (Lipinski definition) is 3. The Morgan fingerprint density at radius 1 is 0.627 bits per heavy atom. The number of hydrogen-bond donors (Lipinski definition) is 1. The predicted molar refractivity (Wildman–Crippen MR) is 209 cm³/mol. The summed E-state index contributed by atoms with van der Waals surface area (Å²) in [5.74, 6) is 1.05. The number of aromatic hydroxyl groups is 1. The number of pyridine rings is 1. The first-order chi connectivity index (χ1) is 23.8. The molecule has 1 N–H and O–H groups in total. The summed E-state index contributed by atoms with van der Waals surface area (Å²) in [6.07, 6.45) is 0. The maximum absolute atomic E-state index is 11.0. The molecule has 5 aromatic carbocycles. The third kappa shape index (κ3) is 5.86. The van der Waals surface area contributed by atoms with Gasteiger partial charge in [-0.1, -0.05) is 120 Å². The number of para-hydroxylation sites is 2. The van der Waals surface area contributed by atoms with Crippen LogP contribution in [0.15, 0.2) is 103 Å². The Balaban J connectivity index is 0.00000406. The zero-order valence-corrected chi connectivity index (χ0v) is 32.7. The molecule has 51 heavy (non-hydrogen) atoms. The van der Waals surface area contributed by atoms with E-state index in [9.17, 15) is 5.11 Å². The van der Waals surface area contributed by atoms with Gasteiger partial charge in [0.05, 0.1) is 16.7 Å². The SMILES string of the molecule is CC(C)n1c(-c2cc(C(C)(C)C)cc3c2[n-]c2ccc(C(C)(C)C)cc23)nc2c(-c3cc(-c4ccccc4)c4cccc(O)c4n3)cccc21.[Pt]. The Morgan fingerprint density at radius 3 is 2.04 bits per heavy atom. The molecule has 260 valence electrons. The summed E-state index contributed by atoms with van der Waals surface area (Å²) in [7, 11) is 0. The fraction of sp³-hybridized carbons (Fsp3) is 0.244. The summed E-state index contributed by atoms with van der Waals surface area (Å²) in [4.78, 5) is 15.9. The van der Waals surface area contributed by atoms with Crippen molar-refractivity contribution in [1.29, 1.82) is 0 Å². The normalized spacial score (nSPS) is 12.4. The summed E-state index contributed by atoms with van der Waals surface area (Å²) >= 11 is 0. The minimum absolute atomic E-state index is 0. The molecule has 0 aliphatic rings. The third-order valence-corrected chi connectivity index (χ3v) is 10.0. The molecule has 0 radical (unpaired) electrons. The van der Waals surface area contributed by atoms with Crippen molar-refractivity contribution in [2.45, 2.75) is 72.3 Å². The molecule has 0 spiro atoms. The summed E-state index contributed by atoms with van der Waals surface area (Å²) in [6, 6.07) is 35.9. The number of nitrogens with zero attached hydrogens (tertiary/aromatic N) is 4. The van der Waals surface area contributed by atoms with Crippen molar-refractivity contribution >= 4 is 43.7 Å². The van der Waals surface area contributed by atoms with Gasteiger partial charge >= 0.3 is 0 Å². The molecule has 8 aromatic rings. The van der Waals surface area contributed by atoms with Gasteiger partial charge in [0.2, 0.25) is 0 Å². The van der Waals surface area contributed by atoms with Gasteiger partial charge in [-0.2, -0.15) is 0 Å². The van der Waals surface area contributed by atoms with Crippen LogP contribution in [0.3, 0.4) is 0 Å². The monoisotopic (exact) mass is 850 g/mol. The van der Waals surface area contributed by atoms with E-state index in [-0.39, 0.29) is 43.7 Å². The molecule has 8 rings (SSSR count). The smallest absolute Gasteiger partial charge is 0.141 e. The molecule has 0 saturated heterocycles. The van der Waals surface area contributed by atoms with E-state index in [1.54, 1.807) is 6.07 Å². The van der Waals surface area contributed by atoms with E-state index in [1.807, 2.05) is 30.3 Å². The van der Waals surface area contributed by atoms with Crippen LogP contribution in [0.1, 0.15) is 72.6 Å². The molecule has 0 fully saturated rings. The van der Waals surface area contributed by atoms with Gasteiger partial charge in [0.1, 0.15) is 17.1 Å². The van der Waals surface area contributed by atoms with Crippen LogP contribution in [0, 0.1) is 0 Å². The van der Waals surface area contributed by atoms with E-state index in [1.165, 1.54) is 16.5 Å². The van der Waals surface area contributed by atoms with Gasteiger partial charge < -0.3 is 14.7 Å². The van der Waals surface area contributed by atoms with E-state index in [0.717, 1.165) is 66.6 Å². The summed E-state index contributed by atoms with van der Waals surface area (Å²) in [6.45, 7) is 18.0. The number of phenolic OH excluding ortho intramolecular Hbond substituents is 1. The first-order valence-corrected chi connectivity index (χ1v) is 17.5. The molecule has 0 bridgehead atoms. The van der Waals surface area contributed by atoms with Gasteiger partial charge in [-0.3, -0.25) is 0 Å². The molecule has 5 nitrogen and oxygen atoms in total. The molecule has 0 atom stereocenters. The summed E-state index contributed by atoms with van der Waals surface area (Å²) in [5.41, 5.74) is 11.7. The number of fused-ring (bicyclic) bond motifs is 5. The minimum Gasteiger partial charge on any atom is -0.656 e. The number of rotatable bonds is 4. The van der Waals surface area contributed by atoms with Crippen molar-refractivity contribution in [2.24, 2.45) is 0 Å². The second kappa shape index (κ2) is 12.5. The minimum atomic E-state index is -0.0845. The van der Waals surface area contributed by atoms with Crippen LogP contribution in [-0.2, 0) is 31.9 Å². The van der Waals surface area contributed by atoms with Gasteiger partial charge in [-0.05, 0) is 82.0 Å². The maximum Gasteiger partial charge on any atom is 0.141 e. The average molecular weight is 851 g/mol. The molecular weight excluding hydrogens is 808 g/mol. The van der Waals surface area contributed by atoms with Crippen molar-refractivity contribution in [1.82, 2.24) is 19.5 Å². The van der Waals surface area contributed by atoms with Crippen LogP contribution in [0.2, 0.25) is 0 Å². The Hall–Kier alpha value is -4.73. The molecule has 3 heterocycles. The quantitative estimate of drug-likeness (QED) is 0.192. The Morgan fingerprint density at radius 2 is 1.33 bits per heavy atom. The van der Waals surface area contributed by atoms with E-state index in [4.69, 9.17) is 15.0 Å². The molecule has 0 unspecified atom stereocenters. The molecular formula is C45H43N4OPt-. The molecule has 0 aliphatic heterocycles. The second-order valence-corrected chi connectivity index (χ2v) is 15.9. The van der Waals surface area contributed by atoms with Gasteiger partial charge in [-0.25, -0.2) is 9.97 Å². The van der Waals surface area contributed by atoms with Crippen molar-refractivity contribution in [3.05, 3.63) is 114 Å². The molecule has 6 heteroatoms. The molecule has 0 aliphatic carbocycles.